The number of rotatable bonds is 3. The first-order valence-electron chi connectivity index (χ1n) is 4.20. The Balaban J connectivity index is 2.54. The summed E-state index contributed by atoms with van der Waals surface area (Å²) in [5, 5.41) is 11.2. The summed E-state index contributed by atoms with van der Waals surface area (Å²) in [6.45, 7) is 1.87. The summed E-state index contributed by atoms with van der Waals surface area (Å²) in [4.78, 5) is 11.0. The number of nitrogens with one attached hydrogen (secondary N) is 1. The van der Waals surface area contributed by atoms with Gasteiger partial charge in [-0.1, -0.05) is 17.7 Å². The smallest absolute Gasteiger partial charge is 0.226 e. The fourth-order valence-electron chi connectivity index (χ4n) is 0.962. The minimum atomic E-state index is -0.161. The highest BCUT2D eigenvalue weighted by Gasteiger charge is 1.99. The Morgan fingerprint density at radius 3 is 2.54 bits per heavy atom. The third kappa shape index (κ3) is 3.25. The Morgan fingerprint density at radius 1 is 1.38 bits per heavy atom. The van der Waals surface area contributed by atoms with Gasteiger partial charge in [-0.15, -0.1) is 0 Å². The predicted octanol–water partition coefficient (Wildman–Crippen LogP) is 1.32. The Morgan fingerprint density at radius 2 is 2.00 bits per heavy atom. The molecule has 0 aliphatic carbocycles. The zero-order valence-electron chi connectivity index (χ0n) is 7.58. The summed E-state index contributed by atoms with van der Waals surface area (Å²) in [5.41, 5.74) is 1.92. The minimum absolute atomic E-state index is 0.113. The van der Waals surface area contributed by atoms with Crippen molar-refractivity contribution < 1.29 is 9.90 Å². The zero-order valence-corrected chi connectivity index (χ0v) is 7.58. The van der Waals surface area contributed by atoms with E-state index < -0.39 is 0 Å². The Labute approximate surface area is 77.4 Å². The SMILES string of the molecule is Cc1ccc(NC(=O)CCO)cc1. The lowest BCUT2D eigenvalue weighted by Crippen LogP contribution is -2.12. The maximum atomic E-state index is 11.0. The van der Waals surface area contributed by atoms with E-state index in [1.807, 2.05) is 31.2 Å². The van der Waals surface area contributed by atoms with Crippen LogP contribution in [-0.4, -0.2) is 17.6 Å². The molecule has 0 heterocycles. The summed E-state index contributed by atoms with van der Waals surface area (Å²) in [6, 6.07) is 7.53. The van der Waals surface area contributed by atoms with E-state index in [2.05, 4.69) is 5.32 Å². The first kappa shape index (κ1) is 9.74. The molecule has 0 aliphatic rings. The summed E-state index contributed by atoms with van der Waals surface area (Å²) < 4.78 is 0. The van der Waals surface area contributed by atoms with Crippen molar-refractivity contribution in [2.45, 2.75) is 13.3 Å². The van der Waals surface area contributed by atoms with Gasteiger partial charge in [-0.25, -0.2) is 0 Å². The predicted molar refractivity (Wildman–Crippen MR) is 51.5 cm³/mol. The molecule has 3 heteroatoms. The van der Waals surface area contributed by atoms with Crippen molar-refractivity contribution in [1.82, 2.24) is 0 Å². The highest BCUT2D eigenvalue weighted by Crippen LogP contribution is 2.08. The fraction of sp³-hybridized carbons (Fsp3) is 0.300. The minimum Gasteiger partial charge on any atom is -0.396 e. The number of hydrogen-bond acceptors (Lipinski definition) is 2. The molecule has 2 N–H and O–H groups in total. The van der Waals surface area contributed by atoms with Crippen LogP contribution in [0.3, 0.4) is 0 Å². The molecule has 3 nitrogen and oxygen atoms in total. The van der Waals surface area contributed by atoms with Crippen LogP contribution in [-0.2, 0) is 4.79 Å². The van der Waals surface area contributed by atoms with Crippen molar-refractivity contribution in [2.75, 3.05) is 11.9 Å². The van der Waals surface area contributed by atoms with Gasteiger partial charge in [-0.05, 0) is 19.1 Å². The fourth-order valence-corrected chi connectivity index (χ4v) is 0.962. The zero-order chi connectivity index (χ0) is 9.68. The first-order chi connectivity index (χ1) is 6.22. The van der Waals surface area contributed by atoms with Gasteiger partial charge in [-0.2, -0.15) is 0 Å². The van der Waals surface area contributed by atoms with E-state index in [0.29, 0.717) is 0 Å². The molecule has 0 atom stereocenters. The van der Waals surface area contributed by atoms with Crippen molar-refractivity contribution in [3.05, 3.63) is 29.8 Å². The van der Waals surface area contributed by atoms with Crippen molar-refractivity contribution in [1.29, 1.82) is 0 Å². The summed E-state index contributed by atoms with van der Waals surface area (Å²) in [7, 11) is 0. The molecule has 0 aromatic heterocycles. The molecule has 1 aromatic rings. The number of hydrogen-bond donors (Lipinski definition) is 2. The molecule has 0 radical (unpaired) electrons. The second-order valence-electron chi connectivity index (χ2n) is 2.89. The summed E-state index contributed by atoms with van der Waals surface area (Å²) in [6.07, 6.45) is 0.147. The van der Waals surface area contributed by atoms with Crippen LogP contribution < -0.4 is 5.32 Å². The number of benzene rings is 1. The average Bonchev–Trinajstić information content (AvgIpc) is 2.09. The van der Waals surface area contributed by atoms with E-state index >= 15 is 0 Å². The van der Waals surface area contributed by atoms with E-state index in [-0.39, 0.29) is 18.9 Å². The van der Waals surface area contributed by atoms with Gasteiger partial charge in [0.25, 0.3) is 0 Å². The Hall–Kier alpha value is -1.35. The van der Waals surface area contributed by atoms with Crippen molar-refractivity contribution in [3.8, 4) is 0 Å². The lowest BCUT2D eigenvalue weighted by Gasteiger charge is -2.03. The van der Waals surface area contributed by atoms with E-state index in [1.54, 1.807) is 0 Å². The van der Waals surface area contributed by atoms with Crippen LogP contribution in [0.2, 0.25) is 0 Å². The van der Waals surface area contributed by atoms with Gasteiger partial charge in [0, 0.05) is 5.69 Å². The molecular formula is C10H13NO2. The number of aliphatic hydroxyl groups excluding tert-OH is 1. The molecule has 0 aliphatic heterocycles. The Bertz CT molecular complexity index is 279. The molecule has 70 valence electrons. The number of anilines is 1. The van der Waals surface area contributed by atoms with Gasteiger partial charge < -0.3 is 10.4 Å². The van der Waals surface area contributed by atoms with E-state index in [1.165, 1.54) is 0 Å². The van der Waals surface area contributed by atoms with E-state index in [0.717, 1.165) is 11.3 Å². The van der Waals surface area contributed by atoms with Crippen LogP contribution in [0.4, 0.5) is 5.69 Å². The van der Waals surface area contributed by atoms with Gasteiger partial charge in [0.2, 0.25) is 5.91 Å². The molecule has 0 saturated carbocycles. The molecule has 0 saturated heterocycles. The van der Waals surface area contributed by atoms with Gasteiger partial charge in [0.05, 0.1) is 13.0 Å². The van der Waals surface area contributed by atoms with Crippen LogP contribution >= 0.6 is 0 Å². The molecular weight excluding hydrogens is 166 g/mol. The van der Waals surface area contributed by atoms with Crippen molar-refractivity contribution in [3.63, 3.8) is 0 Å². The first-order valence-corrected chi connectivity index (χ1v) is 4.20. The lowest BCUT2D eigenvalue weighted by molar-refractivity contribution is -0.116. The number of carbonyl (C=O) groups is 1. The molecule has 0 bridgehead atoms. The molecule has 0 fully saturated rings. The summed E-state index contributed by atoms with van der Waals surface area (Å²) >= 11 is 0. The normalized spacial score (nSPS) is 9.69. The lowest BCUT2D eigenvalue weighted by atomic mass is 10.2. The standard InChI is InChI=1S/C10H13NO2/c1-8-2-4-9(5-3-8)11-10(13)6-7-12/h2-5,12H,6-7H2,1H3,(H,11,13). The van der Waals surface area contributed by atoms with Crippen LogP contribution in [0, 0.1) is 6.92 Å². The van der Waals surface area contributed by atoms with Crippen LogP contribution in [0.25, 0.3) is 0 Å². The van der Waals surface area contributed by atoms with Crippen LogP contribution in [0.15, 0.2) is 24.3 Å². The molecule has 0 spiro atoms. The monoisotopic (exact) mass is 179 g/mol. The van der Waals surface area contributed by atoms with Crippen LogP contribution in [0.1, 0.15) is 12.0 Å². The second kappa shape index (κ2) is 4.62. The Kier molecular flexibility index (Phi) is 3.46. The van der Waals surface area contributed by atoms with E-state index in [9.17, 15) is 4.79 Å². The maximum absolute atomic E-state index is 11.0. The van der Waals surface area contributed by atoms with Crippen LogP contribution in [0.5, 0.6) is 0 Å². The second-order valence-corrected chi connectivity index (χ2v) is 2.89. The highest BCUT2D eigenvalue weighted by molar-refractivity contribution is 5.90. The number of carbonyl (C=O) groups excluding carboxylic acids is 1. The van der Waals surface area contributed by atoms with Gasteiger partial charge in [0.15, 0.2) is 0 Å². The highest BCUT2D eigenvalue weighted by atomic mass is 16.3. The van der Waals surface area contributed by atoms with Gasteiger partial charge >= 0.3 is 0 Å². The number of aryl methyl sites for hydroxylation is 1. The number of aliphatic hydroxyl groups is 1. The maximum Gasteiger partial charge on any atom is 0.226 e. The molecule has 1 amide bonds. The van der Waals surface area contributed by atoms with E-state index in [4.69, 9.17) is 5.11 Å². The van der Waals surface area contributed by atoms with Gasteiger partial charge in [0.1, 0.15) is 0 Å². The average molecular weight is 179 g/mol. The molecule has 0 unspecified atom stereocenters. The summed E-state index contributed by atoms with van der Waals surface area (Å²) in [5.74, 6) is -0.161. The van der Waals surface area contributed by atoms with Crippen molar-refractivity contribution in [2.24, 2.45) is 0 Å². The molecule has 13 heavy (non-hydrogen) atoms. The number of amides is 1. The largest absolute Gasteiger partial charge is 0.396 e. The third-order valence-electron chi connectivity index (χ3n) is 1.67. The topological polar surface area (TPSA) is 49.3 Å². The van der Waals surface area contributed by atoms with Gasteiger partial charge in [-0.3, -0.25) is 4.79 Å². The quantitative estimate of drug-likeness (QED) is 0.735. The molecule has 1 rings (SSSR count). The third-order valence-corrected chi connectivity index (χ3v) is 1.67. The van der Waals surface area contributed by atoms with Crippen molar-refractivity contribution >= 4 is 11.6 Å². The molecule has 1 aromatic carbocycles.